The molecule has 1 heterocycles. The van der Waals surface area contributed by atoms with Crippen LogP contribution in [0.5, 0.6) is 0 Å². The smallest absolute Gasteiger partial charge is 0.236 e. The summed E-state index contributed by atoms with van der Waals surface area (Å²) in [4.78, 5) is 13.7. The van der Waals surface area contributed by atoms with Crippen molar-refractivity contribution in [2.45, 2.75) is 39.8 Å². The highest BCUT2D eigenvalue weighted by molar-refractivity contribution is 5.78. The minimum absolute atomic E-state index is 0.115. The van der Waals surface area contributed by atoms with E-state index in [0.717, 1.165) is 12.2 Å². The lowest BCUT2D eigenvalue weighted by atomic mass is 10.2. The zero-order valence-electron chi connectivity index (χ0n) is 10.9. The van der Waals surface area contributed by atoms with E-state index in [4.69, 9.17) is 4.42 Å². The zero-order valence-corrected chi connectivity index (χ0v) is 10.9. The van der Waals surface area contributed by atoms with Crippen LogP contribution in [0.15, 0.2) is 22.8 Å². The summed E-state index contributed by atoms with van der Waals surface area (Å²) >= 11 is 0. The van der Waals surface area contributed by atoms with E-state index >= 15 is 0 Å². The second kappa shape index (κ2) is 7.12. The summed E-state index contributed by atoms with van der Waals surface area (Å²) in [6.45, 7) is 7.79. The maximum Gasteiger partial charge on any atom is 0.236 e. The molecular formula is C13H22N2O2. The normalized spacial score (nSPS) is 12.4. The van der Waals surface area contributed by atoms with Crippen LogP contribution >= 0.6 is 0 Å². The molecule has 0 radical (unpaired) electrons. The Morgan fingerprint density at radius 3 is 2.82 bits per heavy atom. The van der Waals surface area contributed by atoms with Crippen LogP contribution in [-0.4, -0.2) is 29.9 Å². The van der Waals surface area contributed by atoms with Gasteiger partial charge in [-0.25, -0.2) is 0 Å². The minimum atomic E-state index is 0.115. The molecule has 0 aliphatic heterocycles. The second-order valence-corrected chi connectivity index (χ2v) is 4.18. The highest BCUT2D eigenvalue weighted by atomic mass is 16.3. The van der Waals surface area contributed by atoms with Crippen molar-refractivity contribution in [3.05, 3.63) is 24.2 Å². The molecule has 0 fully saturated rings. The summed E-state index contributed by atoms with van der Waals surface area (Å²) in [6.07, 6.45) is 2.66. The van der Waals surface area contributed by atoms with Gasteiger partial charge in [-0.1, -0.05) is 6.92 Å². The van der Waals surface area contributed by atoms with E-state index in [-0.39, 0.29) is 5.91 Å². The van der Waals surface area contributed by atoms with Crippen LogP contribution in [0.25, 0.3) is 0 Å². The predicted molar refractivity (Wildman–Crippen MR) is 67.6 cm³/mol. The number of furan rings is 1. The number of carbonyl (C=O) groups excluding carboxylic acids is 1. The number of nitrogens with zero attached hydrogens (tertiary/aromatic N) is 1. The van der Waals surface area contributed by atoms with E-state index < -0.39 is 0 Å². The van der Waals surface area contributed by atoms with Gasteiger partial charge >= 0.3 is 0 Å². The van der Waals surface area contributed by atoms with Crippen LogP contribution in [0, 0.1) is 0 Å². The lowest BCUT2D eigenvalue weighted by molar-refractivity contribution is -0.131. The third-order valence-corrected chi connectivity index (χ3v) is 2.88. The highest BCUT2D eigenvalue weighted by Crippen LogP contribution is 2.05. The van der Waals surface area contributed by atoms with Gasteiger partial charge in [0.15, 0.2) is 0 Å². The molecule has 17 heavy (non-hydrogen) atoms. The number of rotatable bonds is 7. The van der Waals surface area contributed by atoms with E-state index in [1.165, 1.54) is 0 Å². The SMILES string of the molecule is CCC(C)NCC(=O)N(CC)Cc1ccco1. The topological polar surface area (TPSA) is 45.5 Å². The Morgan fingerprint density at radius 2 is 2.29 bits per heavy atom. The Morgan fingerprint density at radius 1 is 1.53 bits per heavy atom. The van der Waals surface area contributed by atoms with E-state index in [9.17, 15) is 4.79 Å². The maximum atomic E-state index is 11.9. The van der Waals surface area contributed by atoms with Crippen molar-refractivity contribution in [1.82, 2.24) is 10.2 Å². The minimum Gasteiger partial charge on any atom is -0.467 e. The van der Waals surface area contributed by atoms with Gasteiger partial charge < -0.3 is 14.6 Å². The number of nitrogens with one attached hydrogen (secondary N) is 1. The summed E-state index contributed by atoms with van der Waals surface area (Å²) in [5.74, 6) is 0.938. The van der Waals surface area contributed by atoms with Crippen LogP contribution in [0.2, 0.25) is 0 Å². The molecule has 0 spiro atoms. The zero-order chi connectivity index (χ0) is 12.7. The van der Waals surface area contributed by atoms with Crippen LogP contribution in [0.3, 0.4) is 0 Å². The molecule has 0 saturated heterocycles. The van der Waals surface area contributed by atoms with Crippen molar-refractivity contribution in [1.29, 1.82) is 0 Å². The lowest BCUT2D eigenvalue weighted by Gasteiger charge is -2.21. The Balaban J connectivity index is 2.41. The van der Waals surface area contributed by atoms with Gasteiger partial charge in [0.25, 0.3) is 0 Å². The van der Waals surface area contributed by atoms with Crippen molar-refractivity contribution in [3.8, 4) is 0 Å². The molecular weight excluding hydrogens is 216 g/mol. The molecule has 1 amide bonds. The number of carbonyl (C=O) groups is 1. The molecule has 1 aromatic rings. The van der Waals surface area contributed by atoms with Crippen LogP contribution in [0.4, 0.5) is 0 Å². The first-order valence-corrected chi connectivity index (χ1v) is 6.20. The van der Waals surface area contributed by atoms with Gasteiger partial charge in [0.05, 0.1) is 19.4 Å². The maximum absolute atomic E-state index is 11.9. The van der Waals surface area contributed by atoms with Gasteiger partial charge in [0.1, 0.15) is 5.76 Å². The van der Waals surface area contributed by atoms with Crippen molar-refractivity contribution in [3.63, 3.8) is 0 Å². The molecule has 1 rings (SSSR count). The summed E-state index contributed by atoms with van der Waals surface area (Å²) in [5.41, 5.74) is 0. The molecule has 0 aliphatic carbocycles. The van der Waals surface area contributed by atoms with E-state index in [2.05, 4.69) is 19.2 Å². The molecule has 1 aromatic heterocycles. The molecule has 4 nitrogen and oxygen atoms in total. The summed E-state index contributed by atoms with van der Waals surface area (Å²) in [5, 5.41) is 3.20. The first-order chi connectivity index (χ1) is 8.17. The summed E-state index contributed by atoms with van der Waals surface area (Å²) in [6, 6.07) is 4.10. The fraction of sp³-hybridized carbons (Fsp3) is 0.615. The second-order valence-electron chi connectivity index (χ2n) is 4.18. The molecule has 1 atom stereocenters. The third-order valence-electron chi connectivity index (χ3n) is 2.88. The monoisotopic (exact) mass is 238 g/mol. The Hall–Kier alpha value is -1.29. The van der Waals surface area contributed by atoms with E-state index in [1.807, 2.05) is 19.1 Å². The van der Waals surface area contributed by atoms with E-state index in [0.29, 0.717) is 25.7 Å². The standard InChI is InChI=1S/C13H22N2O2/c1-4-11(3)14-9-13(16)15(5-2)10-12-7-6-8-17-12/h6-8,11,14H,4-5,9-10H2,1-3H3. The van der Waals surface area contributed by atoms with Crippen LogP contribution in [0.1, 0.15) is 33.0 Å². The first kappa shape index (κ1) is 13.8. The molecule has 0 bridgehead atoms. The van der Waals surface area contributed by atoms with Crippen molar-refractivity contribution >= 4 is 5.91 Å². The molecule has 0 aromatic carbocycles. The molecule has 4 heteroatoms. The van der Waals surface area contributed by atoms with Crippen molar-refractivity contribution in [2.75, 3.05) is 13.1 Å². The molecule has 1 N–H and O–H groups in total. The number of likely N-dealkylation sites (N-methyl/N-ethyl adjacent to an activating group) is 1. The molecule has 1 unspecified atom stereocenters. The number of hydrogen-bond acceptors (Lipinski definition) is 3. The highest BCUT2D eigenvalue weighted by Gasteiger charge is 2.13. The summed E-state index contributed by atoms with van der Waals surface area (Å²) < 4.78 is 5.25. The summed E-state index contributed by atoms with van der Waals surface area (Å²) in [7, 11) is 0. The Kier molecular flexibility index (Phi) is 5.77. The van der Waals surface area contributed by atoms with Gasteiger partial charge in [-0.3, -0.25) is 4.79 Å². The van der Waals surface area contributed by atoms with Crippen molar-refractivity contribution in [2.24, 2.45) is 0 Å². The van der Waals surface area contributed by atoms with Crippen molar-refractivity contribution < 1.29 is 9.21 Å². The lowest BCUT2D eigenvalue weighted by Crippen LogP contribution is -2.40. The first-order valence-electron chi connectivity index (χ1n) is 6.20. The van der Waals surface area contributed by atoms with Gasteiger partial charge in [0, 0.05) is 12.6 Å². The Labute approximate surface area is 103 Å². The molecule has 0 aliphatic rings. The molecule has 96 valence electrons. The average Bonchev–Trinajstić information content (AvgIpc) is 2.85. The van der Waals surface area contributed by atoms with E-state index in [1.54, 1.807) is 11.2 Å². The number of amides is 1. The van der Waals surface area contributed by atoms with Gasteiger partial charge in [-0.2, -0.15) is 0 Å². The third kappa shape index (κ3) is 4.61. The van der Waals surface area contributed by atoms with Gasteiger partial charge in [0.2, 0.25) is 5.91 Å². The quantitative estimate of drug-likeness (QED) is 0.790. The molecule has 0 saturated carbocycles. The fourth-order valence-corrected chi connectivity index (χ4v) is 1.48. The fourth-order valence-electron chi connectivity index (χ4n) is 1.48. The number of hydrogen-bond donors (Lipinski definition) is 1. The predicted octanol–water partition coefficient (Wildman–Crippen LogP) is 2.02. The van der Waals surface area contributed by atoms with Gasteiger partial charge in [-0.05, 0) is 32.4 Å². The van der Waals surface area contributed by atoms with Gasteiger partial charge in [-0.15, -0.1) is 0 Å². The Bertz CT molecular complexity index is 322. The largest absolute Gasteiger partial charge is 0.467 e. The average molecular weight is 238 g/mol. The van der Waals surface area contributed by atoms with Crippen LogP contribution < -0.4 is 5.32 Å². The van der Waals surface area contributed by atoms with Crippen LogP contribution in [-0.2, 0) is 11.3 Å².